The van der Waals surface area contributed by atoms with Crippen molar-refractivity contribution in [2.75, 3.05) is 13.1 Å². The smallest absolute Gasteiger partial charge is 0.253 e. The lowest BCUT2D eigenvalue weighted by atomic mass is 9.62. The number of likely N-dealkylation sites (tertiary alicyclic amines) is 2. The first-order valence-corrected chi connectivity index (χ1v) is 35.5. The topological polar surface area (TPSA) is 150 Å². The number of nitrogens with zero attached hydrogens (tertiary/aromatic N) is 4. The molecule has 504 valence electrons. The second-order valence-electron chi connectivity index (χ2n) is 31.9. The summed E-state index contributed by atoms with van der Waals surface area (Å²) in [6, 6.07) is 63.3. The molecule has 2 aliphatic carbocycles. The second-order valence-corrected chi connectivity index (χ2v) is 31.9. The maximum absolute atomic E-state index is 15.4. The van der Waals surface area contributed by atoms with Crippen LogP contribution in [0.2, 0.25) is 0 Å². The molecule has 0 aromatic heterocycles. The lowest BCUT2D eigenvalue weighted by Gasteiger charge is -2.49. The molecule has 6 aliphatic rings. The molecule has 6 aromatic rings. The third-order valence-corrected chi connectivity index (χ3v) is 22.9. The van der Waals surface area contributed by atoms with Gasteiger partial charge in [-0.1, -0.05) is 230 Å². The fourth-order valence-corrected chi connectivity index (χ4v) is 19.3. The largest absolute Gasteiger partial charge is 0.282 e. The van der Waals surface area contributed by atoms with Crippen molar-refractivity contribution in [3.05, 3.63) is 240 Å². The van der Waals surface area contributed by atoms with E-state index >= 15 is 9.59 Å². The van der Waals surface area contributed by atoms with E-state index in [2.05, 4.69) is 199 Å². The van der Waals surface area contributed by atoms with Gasteiger partial charge in [0.2, 0.25) is 23.6 Å². The highest BCUT2D eigenvalue weighted by molar-refractivity contribution is 6.14. The number of rotatable bonds is 25. The summed E-state index contributed by atoms with van der Waals surface area (Å²) < 4.78 is 0. The maximum atomic E-state index is 15.4. The fraction of sp³-hybridized carbons (Fsp3) is 0.435. The van der Waals surface area contributed by atoms with E-state index in [0.29, 0.717) is 38.5 Å². The highest BCUT2D eigenvalue weighted by atomic mass is 16.2. The molecule has 13 atom stereocenters. The molecule has 4 heterocycles. The van der Waals surface area contributed by atoms with Crippen molar-refractivity contribution in [1.82, 2.24) is 19.6 Å². The van der Waals surface area contributed by atoms with Gasteiger partial charge in [-0.2, -0.15) is 0 Å². The summed E-state index contributed by atoms with van der Waals surface area (Å²) in [6.45, 7) is 15.2. The molecule has 12 nitrogen and oxygen atoms in total. The van der Waals surface area contributed by atoms with Crippen LogP contribution < -0.4 is 0 Å². The Morgan fingerprint density at radius 1 is 0.371 bits per heavy atom. The van der Waals surface area contributed by atoms with Crippen LogP contribution in [0.25, 0.3) is 0 Å². The molecule has 0 radical (unpaired) electrons. The molecular formula is C85H96N4O8. The highest BCUT2D eigenvalue weighted by Gasteiger charge is 2.54. The second kappa shape index (κ2) is 28.4. The first-order chi connectivity index (χ1) is 46.4. The summed E-state index contributed by atoms with van der Waals surface area (Å²) in [7, 11) is 0. The molecule has 12 rings (SSSR count). The van der Waals surface area contributed by atoms with Crippen molar-refractivity contribution in [3.8, 4) is 0 Å². The van der Waals surface area contributed by atoms with Gasteiger partial charge in [0.15, 0.2) is 0 Å². The monoisotopic (exact) mass is 1300 g/mol. The number of hydrogen-bond acceptors (Lipinski definition) is 8. The van der Waals surface area contributed by atoms with Crippen LogP contribution in [-0.4, -0.2) is 92.0 Å². The quantitative estimate of drug-likeness (QED) is 0.0514. The van der Waals surface area contributed by atoms with E-state index in [1.54, 1.807) is 0 Å². The van der Waals surface area contributed by atoms with Crippen molar-refractivity contribution in [2.24, 2.45) is 39.4 Å². The molecule has 12 heteroatoms. The number of carbonyl (C=O) groups is 8. The molecule has 13 unspecified atom stereocenters. The summed E-state index contributed by atoms with van der Waals surface area (Å²) in [5.74, 6) is -3.95. The Balaban J connectivity index is 0.838. The Bertz CT molecular complexity index is 3880. The Morgan fingerprint density at radius 2 is 0.691 bits per heavy atom. The van der Waals surface area contributed by atoms with Crippen LogP contribution in [0.15, 0.2) is 206 Å². The highest BCUT2D eigenvalue weighted by Crippen LogP contribution is 2.54. The minimum absolute atomic E-state index is 0.0220. The Labute approximate surface area is 574 Å². The summed E-state index contributed by atoms with van der Waals surface area (Å²) in [5, 5.41) is 0. The zero-order valence-corrected chi connectivity index (χ0v) is 57.6. The predicted molar refractivity (Wildman–Crippen MR) is 378 cm³/mol. The van der Waals surface area contributed by atoms with Gasteiger partial charge in [0.25, 0.3) is 23.6 Å². The standard InChI is InChI=1S/C85H96N4O8/c1-57-71(80(96)87(79(57)95)56-85(7)52-70(50-83(4,5)54-85)89-76(92)40-41-77(89)93)46-67(61-32-20-11-21-33-61)44-65(59-28-16-9-17-29-59)42-64(58-26-14-8-15-27-58)43-66(60-30-18-10-19-31-60)45-68(62-34-22-12-23-35-62)47-72(63-36-24-13-25-37-63)73-48-78(94)86(81(73)97)55-84(6)51-69(49-82(2,3)53-84)88-74(90)38-39-75(88)91/h8-41,57,64-73H,42-56H2,1-7H3. The Morgan fingerprint density at radius 3 is 1.06 bits per heavy atom. The van der Waals surface area contributed by atoms with E-state index in [1.165, 1.54) is 66.2 Å². The fourth-order valence-electron chi connectivity index (χ4n) is 19.3. The van der Waals surface area contributed by atoms with Gasteiger partial charge < -0.3 is 0 Å². The third kappa shape index (κ3) is 15.4. The van der Waals surface area contributed by atoms with E-state index in [1.807, 2.05) is 31.2 Å². The number of amides is 8. The minimum Gasteiger partial charge on any atom is -0.282 e. The van der Waals surface area contributed by atoms with Crippen molar-refractivity contribution in [1.29, 1.82) is 0 Å². The predicted octanol–water partition coefficient (Wildman–Crippen LogP) is 16.0. The maximum Gasteiger partial charge on any atom is 0.253 e. The SMILES string of the molecule is CC1C(=O)N(CC2(C)CC(N3C(=O)C=CC3=O)CC(C)(C)C2)C(=O)C1CC(CC(CC(CC(CC(CC(c1ccccc1)C1CC(=O)N(CC2(C)CC(N3C(=O)C=CC3=O)CC(C)(C)C2)C1=O)c1ccccc1)c1ccccc1)c1ccccc1)c1ccccc1)c1ccccc1. The molecule has 4 fully saturated rings. The first-order valence-electron chi connectivity index (χ1n) is 35.5. The van der Waals surface area contributed by atoms with Gasteiger partial charge in [0, 0.05) is 61.8 Å². The summed E-state index contributed by atoms with van der Waals surface area (Å²) >= 11 is 0. The molecule has 0 spiro atoms. The molecule has 6 aromatic carbocycles. The van der Waals surface area contributed by atoms with E-state index in [9.17, 15) is 28.8 Å². The lowest BCUT2D eigenvalue weighted by molar-refractivity contribution is -0.148. The third-order valence-electron chi connectivity index (χ3n) is 22.9. The molecule has 2 saturated heterocycles. The summed E-state index contributed by atoms with van der Waals surface area (Å²) in [6.07, 6.45) is 13.4. The lowest BCUT2D eigenvalue weighted by Crippen LogP contribution is -2.52. The minimum atomic E-state index is -0.609. The first kappa shape index (κ1) is 68.3. The molecule has 2 saturated carbocycles. The van der Waals surface area contributed by atoms with Gasteiger partial charge in [-0.05, 0) is 168 Å². The van der Waals surface area contributed by atoms with Crippen LogP contribution in [0.3, 0.4) is 0 Å². The van der Waals surface area contributed by atoms with Gasteiger partial charge in [-0.25, -0.2) is 0 Å². The van der Waals surface area contributed by atoms with Crippen molar-refractivity contribution >= 4 is 47.3 Å². The van der Waals surface area contributed by atoms with Crippen molar-refractivity contribution < 1.29 is 38.4 Å². The number of carbonyl (C=O) groups excluding carboxylic acids is 8. The number of benzene rings is 6. The molecule has 0 bridgehead atoms. The van der Waals surface area contributed by atoms with Crippen molar-refractivity contribution in [3.63, 3.8) is 0 Å². The zero-order chi connectivity index (χ0) is 68.4. The van der Waals surface area contributed by atoms with Gasteiger partial charge in [-0.3, -0.25) is 58.0 Å². The Hall–Kier alpha value is -8.64. The molecule has 4 aliphatic heterocycles. The van der Waals surface area contributed by atoms with Crippen LogP contribution in [0.5, 0.6) is 0 Å². The Kier molecular flexibility index (Phi) is 20.0. The molecule has 8 amide bonds. The van der Waals surface area contributed by atoms with E-state index in [-0.39, 0.29) is 125 Å². The molecule has 0 N–H and O–H groups in total. The van der Waals surface area contributed by atoms with E-state index < -0.39 is 28.6 Å². The molecular weight excluding hydrogens is 1200 g/mol. The summed E-state index contributed by atoms with van der Waals surface area (Å²) in [4.78, 5) is 118. The van der Waals surface area contributed by atoms with Gasteiger partial charge in [0.05, 0.1) is 11.8 Å². The average Bonchev–Trinajstić information content (AvgIpc) is 1.71. The molecule has 97 heavy (non-hydrogen) atoms. The van der Waals surface area contributed by atoms with Crippen LogP contribution in [0, 0.1) is 39.4 Å². The van der Waals surface area contributed by atoms with Gasteiger partial charge >= 0.3 is 0 Å². The van der Waals surface area contributed by atoms with Gasteiger partial charge in [0.1, 0.15) is 0 Å². The summed E-state index contributed by atoms with van der Waals surface area (Å²) in [5.41, 5.74) is 5.42. The van der Waals surface area contributed by atoms with Crippen LogP contribution in [0.1, 0.15) is 201 Å². The van der Waals surface area contributed by atoms with Crippen molar-refractivity contribution in [2.45, 2.75) is 180 Å². The van der Waals surface area contributed by atoms with Crippen LogP contribution in [0.4, 0.5) is 0 Å². The van der Waals surface area contributed by atoms with E-state index in [4.69, 9.17) is 0 Å². The van der Waals surface area contributed by atoms with E-state index in [0.717, 1.165) is 49.7 Å². The number of imide groups is 4. The normalized spacial score (nSPS) is 26.6. The number of hydrogen-bond donors (Lipinski definition) is 0. The zero-order valence-electron chi connectivity index (χ0n) is 57.6. The van der Waals surface area contributed by atoms with Crippen LogP contribution in [-0.2, 0) is 38.4 Å². The average molecular weight is 1300 g/mol. The van der Waals surface area contributed by atoms with Crippen LogP contribution >= 0.6 is 0 Å². The van der Waals surface area contributed by atoms with Gasteiger partial charge in [-0.15, -0.1) is 0 Å².